The maximum atomic E-state index is 13.1. The summed E-state index contributed by atoms with van der Waals surface area (Å²) in [6.07, 6.45) is 0. The van der Waals surface area contributed by atoms with Crippen LogP contribution >= 0.6 is 0 Å². The van der Waals surface area contributed by atoms with Crippen LogP contribution in [0.4, 0.5) is 0 Å². The predicted molar refractivity (Wildman–Crippen MR) is 102 cm³/mol. The minimum atomic E-state index is -0.571. The highest BCUT2D eigenvalue weighted by Crippen LogP contribution is 2.47. The first kappa shape index (κ1) is 18.6. The molecule has 4 rings (SSSR count). The Bertz CT molecular complexity index is 1160. The van der Waals surface area contributed by atoms with Crippen molar-refractivity contribution in [2.24, 2.45) is 0 Å². The van der Waals surface area contributed by atoms with Gasteiger partial charge >= 0.3 is 0 Å². The number of phenolic OH excluding ortho intramolecular Hbond substituents is 1. The van der Waals surface area contributed by atoms with Crippen molar-refractivity contribution in [1.29, 1.82) is 0 Å². The van der Waals surface area contributed by atoms with Crippen LogP contribution in [0.5, 0.6) is 40.2 Å². The van der Waals surface area contributed by atoms with Crippen LogP contribution in [-0.4, -0.2) is 40.3 Å². The fourth-order valence-electron chi connectivity index (χ4n) is 3.27. The van der Waals surface area contributed by atoms with Crippen molar-refractivity contribution in [3.63, 3.8) is 0 Å². The second kappa shape index (κ2) is 7.01. The molecule has 29 heavy (non-hydrogen) atoms. The number of phenols is 1. The van der Waals surface area contributed by atoms with Gasteiger partial charge in [0.1, 0.15) is 11.1 Å². The lowest BCUT2D eigenvalue weighted by Crippen LogP contribution is -2.09. The summed E-state index contributed by atoms with van der Waals surface area (Å²) in [5.41, 5.74) is -0.105. The molecular weight excluding hydrogens is 384 g/mol. The van der Waals surface area contributed by atoms with E-state index in [9.17, 15) is 9.90 Å². The Hall–Kier alpha value is -3.75. The molecule has 1 aliphatic heterocycles. The minimum Gasteiger partial charge on any atom is -0.507 e. The standard InChI is InChI=1S/C20H18O9/c1-23-11-5-9(6-13-17(11)28-8-27-13)16-20(26-4)15(22)14-10(21)7-12(24-2)18(25-3)19(14)29-16/h5-7,21H,8H2,1-4H3. The summed E-state index contributed by atoms with van der Waals surface area (Å²) in [5.74, 6) is 1.35. The smallest absolute Gasteiger partial charge is 0.239 e. The van der Waals surface area contributed by atoms with E-state index in [1.54, 1.807) is 12.1 Å². The molecule has 9 nitrogen and oxygen atoms in total. The molecule has 0 aliphatic carbocycles. The van der Waals surface area contributed by atoms with E-state index < -0.39 is 5.43 Å². The molecule has 1 aromatic heterocycles. The third kappa shape index (κ3) is 2.74. The Kier molecular flexibility index (Phi) is 4.50. The van der Waals surface area contributed by atoms with Crippen molar-refractivity contribution in [3.05, 3.63) is 28.4 Å². The van der Waals surface area contributed by atoms with E-state index in [1.165, 1.54) is 34.5 Å². The highest BCUT2D eigenvalue weighted by Gasteiger charge is 2.27. The normalized spacial score (nSPS) is 12.1. The zero-order valence-electron chi connectivity index (χ0n) is 16.2. The Morgan fingerprint density at radius 2 is 1.62 bits per heavy atom. The van der Waals surface area contributed by atoms with Crippen molar-refractivity contribution in [1.82, 2.24) is 0 Å². The second-order valence-corrected chi connectivity index (χ2v) is 6.04. The van der Waals surface area contributed by atoms with E-state index >= 15 is 0 Å². The van der Waals surface area contributed by atoms with Crippen molar-refractivity contribution in [2.75, 3.05) is 35.2 Å². The molecule has 152 valence electrons. The number of ether oxygens (including phenoxy) is 6. The molecule has 3 aromatic rings. The van der Waals surface area contributed by atoms with Gasteiger partial charge in [0.15, 0.2) is 28.6 Å². The van der Waals surface area contributed by atoms with Crippen LogP contribution in [0.2, 0.25) is 0 Å². The first-order chi connectivity index (χ1) is 14.0. The number of rotatable bonds is 5. The number of fused-ring (bicyclic) bond motifs is 2. The van der Waals surface area contributed by atoms with Crippen molar-refractivity contribution in [2.45, 2.75) is 0 Å². The maximum Gasteiger partial charge on any atom is 0.239 e. The first-order valence-electron chi connectivity index (χ1n) is 8.50. The molecule has 0 atom stereocenters. The fraction of sp³-hybridized carbons (Fsp3) is 0.250. The summed E-state index contributed by atoms with van der Waals surface area (Å²) in [6.45, 7) is 0.0485. The van der Waals surface area contributed by atoms with E-state index in [0.29, 0.717) is 22.8 Å². The van der Waals surface area contributed by atoms with Crippen LogP contribution in [0, 0.1) is 0 Å². The van der Waals surface area contributed by atoms with Gasteiger partial charge < -0.3 is 37.9 Å². The number of hydrogen-bond donors (Lipinski definition) is 1. The first-order valence-corrected chi connectivity index (χ1v) is 8.50. The zero-order chi connectivity index (χ0) is 20.7. The molecule has 2 heterocycles. The molecule has 1 aliphatic rings. The predicted octanol–water partition coefficient (Wildman–Crippen LogP) is 2.93. The van der Waals surface area contributed by atoms with E-state index in [2.05, 4.69) is 0 Å². The van der Waals surface area contributed by atoms with Gasteiger partial charge in [0.05, 0.1) is 28.4 Å². The van der Waals surface area contributed by atoms with Gasteiger partial charge in [-0.3, -0.25) is 4.79 Å². The summed E-state index contributed by atoms with van der Waals surface area (Å²) in [4.78, 5) is 13.1. The molecule has 1 N–H and O–H groups in total. The molecule has 2 aromatic carbocycles. The summed E-state index contributed by atoms with van der Waals surface area (Å²) in [5, 5.41) is 10.3. The Labute approximate surface area is 164 Å². The monoisotopic (exact) mass is 402 g/mol. The number of methoxy groups -OCH3 is 4. The van der Waals surface area contributed by atoms with Crippen LogP contribution in [0.1, 0.15) is 0 Å². The summed E-state index contributed by atoms with van der Waals surface area (Å²) >= 11 is 0. The highest BCUT2D eigenvalue weighted by atomic mass is 16.7. The molecular formula is C20H18O9. The molecule has 0 spiro atoms. The van der Waals surface area contributed by atoms with Gasteiger partial charge in [-0.2, -0.15) is 0 Å². The molecule has 0 radical (unpaired) electrons. The van der Waals surface area contributed by atoms with Gasteiger partial charge in [0.25, 0.3) is 0 Å². The summed E-state index contributed by atoms with van der Waals surface area (Å²) in [6, 6.07) is 4.55. The minimum absolute atomic E-state index is 0.0155. The van der Waals surface area contributed by atoms with Crippen LogP contribution in [0.3, 0.4) is 0 Å². The van der Waals surface area contributed by atoms with Gasteiger partial charge in [-0.15, -0.1) is 0 Å². The topological polar surface area (TPSA) is 106 Å². The quantitative estimate of drug-likeness (QED) is 0.689. The van der Waals surface area contributed by atoms with Gasteiger partial charge in [0, 0.05) is 11.6 Å². The number of hydrogen-bond acceptors (Lipinski definition) is 9. The largest absolute Gasteiger partial charge is 0.507 e. The van der Waals surface area contributed by atoms with Gasteiger partial charge in [-0.25, -0.2) is 0 Å². The molecule has 0 unspecified atom stereocenters. The number of aromatic hydroxyl groups is 1. The lowest BCUT2D eigenvalue weighted by atomic mass is 10.1. The van der Waals surface area contributed by atoms with Crippen LogP contribution in [0.25, 0.3) is 22.3 Å². The summed E-state index contributed by atoms with van der Waals surface area (Å²) in [7, 11) is 5.64. The van der Waals surface area contributed by atoms with Crippen molar-refractivity contribution < 1.29 is 37.9 Å². The van der Waals surface area contributed by atoms with E-state index in [-0.39, 0.29) is 46.5 Å². The molecule has 0 saturated heterocycles. The Balaban J connectivity index is 2.09. The lowest BCUT2D eigenvalue weighted by Gasteiger charge is -2.15. The second-order valence-electron chi connectivity index (χ2n) is 6.04. The third-order valence-corrected chi connectivity index (χ3v) is 4.57. The fourth-order valence-corrected chi connectivity index (χ4v) is 3.27. The summed E-state index contributed by atoms with van der Waals surface area (Å²) < 4.78 is 38.1. The van der Waals surface area contributed by atoms with Crippen LogP contribution in [-0.2, 0) is 0 Å². The maximum absolute atomic E-state index is 13.1. The van der Waals surface area contributed by atoms with Gasteiger partial charge in [-0.05, 0) is 12.1 Å². The molecule has 0 fully saturated rings. The molecule has 0 saturated carbocycles. The van der Waals surface area contributed by atoms with E-state index in [0.717, 1.165) is 0 Å². The highest BCUT2D eigenvalue weighted by molar-refractivity contribution is 5.93. The zero-order valence-corrected chi connectivity index (χ0v) is 16.2. The van der Waals surface area contributed by atoms with E-state index in [1.807, 2.05) is 0 Å². The molecule has 9 heteroatoms. The Morgan fingerprint density at radius 3 is 2.28 bits per heavy atom. The lowest BCUT2D eigenvalue weighted by molar-refractivity contribution is 0.171. The SMILES string of the molecule is COc1cc(-c2oc3c(OC)c(OC)cc(O)c3c(=O)c2OC)cc2c1OCO2. The number of benzene rings is 2. The van der Waals surface area contributed by atoms with Crippen LogP contribution in [0.15, 0.2) is 27.4 Å². The molecule has 0 amide bonds. The average Bonchev–Trinajstić information content (AvgIpc) is 3.21. The molecule has 0 bridgehead atoms. The Morgan fingerprint density at radius 1 is 0.897 bits per heavy atom. The van der Waals surface area contributed by atoms with Gasteiger partial charge in [0.2, 0.25) is 29.5 Å². The third-order valence-electron chi connectivity index (χ3n) is 4.57. The van der Waals surface area contributed by atoms with Crippen LogP contribution < -0.4 is 33.8 Å². The van der Waals surface area contributed by atoms with Gasteiger partial charge in [-0.1, -0.05) is 0 Å². The van der Waals surface area contributed by atoms with Crippen molar-refractivity contribution in [3.8, 4) is 51.6 Å². The average molecular weight is 402 g/mol. The van der Waals surface area contributed by atoms with E-state index in [4.69, 9.17) is 32.8 Å². The van der Waals surface area contributed by atoms with Crippen molar-refractivity contribution >= 4 is 11.0 Å².